The molecule has 1 N–H and O–H groups in total. The second kappa shape index (κ2) is 8.07. The highest BCUT2D eigenvalue weighted by molar-refractivity contribution is 8.06. The number of nitrogens with zero attached hydrogens (tertiary/aromatic N) is 2. The zero-order valence-corrected chi connectivity index (χ0v) is 18.3. The Hall–Kier alpha value is -3.60. The molecule has 1 atom stereocenters. The van der Waals surface area contributed by atoms with Gasteiger partial charge in [-0.2, -0.15) is 8.42 Å². The van der Waals surface area contributed by atoms with Crippen molar-refractivity contribution in [3.05, 3.63) is 76.6 Å². The third kappa shape index (κ3) is 4.11. The van der Waals surface area contributed by atoms with Crippen LogP contribution in [0.25, 0.3) is 0 Å². The fourth-order valence-corrected chi connectivity index (χ4v) is 5.19. The van der Waals surface area contributed by atoms with Crippen molar-refractivity contribution in [2.45, 2.75) is 37.4 Å². The summed E-state index contributed by atoms with van der Waals surface area (Å²) in [5, 5.41) is 4.87. The van der Waals surface area contributed by atoms with E-state index in [4.69, 9.17) is 13.9 Å². The van der Waals surface area contributed by atoms with E-state index in [1.807, 2.05) is 6.07 Å². The van der Waals surface area contributed by atoms with Crippen LogP contribution in [-0.4, -0.2) is 36.6 Å². The number of aromatic amines is 1. The number of hydrogen-bond donors (Lipinski definition) is 1. The van der Waals surface area contributed by atoms with Crippen LogP contribution in [-0.2, 0) is 26.8 Å². The molecule has 1 saturated carbocycles. The van der Waals surface area contributed by atoms with Gasteiger partial charge in [-0.1, -0.05) is 42.5 Å². The van der Waals surface area contributed by atoms with Gasteiger partial charge in [-0.25, -0.2) is 14.7 Å². The van der Waals surface area contributed by atoms with E-state index >= 15 is 0 Å². The van der Waals surface area contributed by atoms with Gasteiger partial charge in [0.1, 0.15) is 18.5 Å². The number of ether oxygens (including phenoxy) is 2. The first-order valence-electron chi connectivity index (χ1n) is 10.4. The molecule has 0 radical (unpaired) electrons. The van der Waals surface area contributed by atoms with Gasteiger partial charge in [0.2, 0.25) is 5.89 Å². The van der Waals surface area contributed by atoms with E-state index in [9.17, 15) is 18.0 Å². The first kappa shape index (κ1) is 21.3. The second-order valence-electron chi connectivity index (χ2n) is 8.17. The smallest absolute Gasteiger partial charge is 0.445 e. The number of hydrogen-bond acceptors (Lipinski definition) is 8. The summed E-state index contributed by atoms with van der Waals surface area (Å²) in [5.41, 5.74) is 0.443. The number of anilines is 1. The fraction of sp³-hybridized carbons (Fsp3) is 0.318. The third-order valence-corrected chi connectivity index (χ3v) is 7.33. The predicted octanol–water partition coefficient (Wildman–Crippen LogP) is 2.72. The zero-order valence-electron chi connectivity index (χ0n) is 17.5. The van der Waals surface area contributed by atoms with Crippen LogP contribution in [0.15, 0.2) is 63.8 Å². The molecule has 0 amide bonds. The largest absolute Gasteiger partial charge is 0.486 e. The van der Waals surface area contributed by atoms with Gasteiger partial charge >= 0.3 is 21.1 Å². The van der Waals surface area contributed by atoms with Crippen LogP contribution in [0.5, 0.6) is 5.75 Å². The molecule has 1 aliphatic heterocycles. The van der Waals surface area contributed by atoms with E-state index < -0.39 is 32.6 Å². The molecule has 5 rings (SSSR count). The van der Waals surface area contributed by atoms with Crippen LogP contribution < -0.4 is 14.8 Å². The molecule has 1 fully saturated rings. The van der Waals surface area contributed by atoms with E-state index in [0.717, 1.165) is 17.1 Å². The number of para-hydroxylation sites is 2. The van der Waals surface area contributed by atoms with Crippen LogP contribution in [0.3, 0.4) is 0 Å². The summed E-state index contributed by atoms with van der Waals surface area (Å²) in [6.45, 7) is -0.244. The molecule has 1 aromatic heterocycles. The third-order valence-electron chi connectivity index (χ3n) is 5.86. The van der Waals surface area contributed by atoms with Crippen molar-refractivity contribution in [3.8, 4) is 5.75 Å². The van der Waals surface area contributed by atoms with E-state index in [-0.39, 0.29) is 24.7 Å². The summed E-state index contributed by atoms with van der Waals surface area (Å²) in [6.07, 6.45) is 1.25. The lowest BCUT2D eigenvalue weighted by Crippen LogP contribution is -2.47. The summed E-state index contributed by atoms with van der Waals surface area (Å²) in [7, 11) is -4.48. The van der Waals surface area contributed by atoms with Gasteiger partial charge in [-0.15, -0.1) is 5.10 Å². The molecular weight excluding hydrogens is 450 g/mol. The maximum absolute atomic E-state index is 13.2. The van der Waals surface area contributed by atoms with Crippen molar-refractivity contribution >= 4 is 21.0 Å². The summed E-state index contributed by atoms with van der Waals surface area (Å²) in [5.74, 6) is -0.0179. The van der Waals surface area contributed by atoms with E-state index in [2.05, 4.69) is 10.2 Å². The highest BCUT2D eigenvalue weighted by Gasteiger charge is 2.52. The van der Waals surface area contributed by atoms with Crippen molar-refractivity contribution < 1.29 is 27.1 Å². The van der Waals surface area contributed by atoms with Gasteiger partial charge in [-0.05, 0) is 30.5 Å². The van der Waals surface area contributed by atoms with Gasteiger partial charge in [-0.3, -0.25) is 4.31 Å². The molecule has 0 saturated heterocycles. The van der Waals surface area contributed by atoms with Crippen LogP contribution in [0.1, 0.15) is 30.7 Å². The minimum absolute atomic E-state index is 0.0871. The van der Waals surface area contributed by atoms with Crippen LogP contribution in [0, 0.1) is 0 Å². The van der Waals surface area contributed by atoms with Gasteiger partial charge in [0.05, 0.1) is 17.6 Å². The van der Waals surface area contributed by atoms with E-state index in [1.165, 1.54) is 0 Å². The molecule has 33 heavy (non-hydrogen) atoms. The average Bonchev–Trinajstić information content (AvgIpc) is 3.47. The highest BCUT2D eigenvalue weighted by Crippen LogP contribution is 2.52. The Morgan fingerprint density at radius 2 is 1.88 bits per heavy atom. The number of fused-ring (bicyclic) bond motifs is 1. The molecule has 0 spiro atoms. The molecule has 0 unspecified atom stereocenters. The Labute approximate surface area is 189 Å². The monoisotopic (exact) mass is 471 g/mol. The normalized spacial score (nSPS) is 18.8. The van der Waals surface area contributed by atoms with Crippen LogP contribution in [0.4, 0.5) is 10.5 Å². The van der Waals surface area contributed by atoms with Gasteiger partial charge in [0.25, 0.3) is 0 Å². The molecule has 11 heteroatoms. The summed E-state index contributed by atoms with van der Waals surface area (Å²) >= 11 is 0. The van der Waals surface area contributed by atoms with Gasteiger partial charge in [0, 0.05) is 6.42 Å². The molecule has 3 aromatic rings. The Kier molecular flexibility index (Phi) is 5.20. The quantitative estimate of drug-likeness (QED) is 0.543. The lowest BCUT2D eigenvalue weighted by Gasteiger charge is -2.35. The number of benzene rings is 2. The number of carbonyl (C=O) groups is 1. The lowest BCUT2D eigenvalue weighted by molar-refractivity contribution is 0.162. The Morgan fingerprint density at radius 3 is 2.58 bits per heavy atom. The van der Waals surface area contributed by atoms with Crippen molar-refractivity contribution in [1.29, 1.82) is 0 Å². The number of carbonyl (C=O) groups excluding carboxylic acids is 1. The molecule has 1 aliphatic carbocycles. The van der Waals surface area contributed by atoms with Crippen molar-refractivity contribution in [2.75, 3.05) is 10.8 Å². The molecule has 2 aliphatic rings. The van der Waals surface area contributed by atoms with E-state index in [1.54, 1.807) is 48.5 Å². The Balaban J connectivity index is 1.38. The topological polar surface area (TPSA) is 132 Å². The maximum Gasteiger partial charge on any atom is 0.445 e. The first-order chi connectivity index (χ1) is 15.9. The number of aromatic nitrogens is 2. The Bertz CT molecular complexity index is 1330. The summed E-state index contributed by atoms with van der Waals surface area (Å²) in [6, 6.07) is 15.4. The number of rotatable bonds is 6. The van der Waals surface area contributed by atoms with Crippen molar-refractivity contribution in [2.24, 2.45) is 0 Å². The summed E-state index contributed by atoms with van der Waals surface area (Å²) in [4.78, 5) is 24.0. The average molecular weight is 471 g/mol. The van der Waals surface area contributed by atoms with Gasteiger partial charge in [0.15, 0.2) is 0 Å². The maximum atomic E-state index is 13.2. The zero-order chi connectivity index (χ0) is 23.1. The molecule has 10 nitrogen and oxygen atoms in total. The lowest BCUT2D eigenvalue weighted by atomic mass is 9.97. The summed E-state index contributed by atoms with van der Waals surface area (Å²) < 4.78 is 43.7. The second-order valence-corrected chi connectivity index (χ2v) is 9.89. The number of nitrogens with one attached hydrogen (secondary N) is 1. The first-order valence-corrected chi connectivity index (χ1v) is 11.9. The minimum Gasteiger partial charge on any atom is -0.486 e. The molecular formula is C22H21N3O7S. The minimum atomic E-state index is -4.48. The molecule has 2 heterocycles. The molecule has 2 aromatic carbocycles. The fourth-order valence-electron chi connectivity index (χ4n) is 4.03. The van der Waals surface area contributed by atoms with Crippen LogP contribution in [0.2, 0.25) is 0 Å². The standard InChI is InChI=1S/C22H21N3O7S/c26-20-24-23-19(32-20)22(10-11-22)12-16-13-25(17-8-4-5-9-18(17)31-16)33(28,29)21(27)30-14-15-6-2-1-3-7-15/h1-9,16H,10-14H2,(H,24,26)/t16-/m0/s1. The van der Waals surface area contributed by atoms with Crippen molar-refractivity contribution in [3.63, 3.8) is 0 Å². The number of sulfonamides is 1. The molecule has 0 bridgehead atoms. The number of H-pyrrole nitrogens is 1. The van der Waals surface area contributed by atoms with Crippen LogP contribution >= 0.6 is 0 Å². The molecule has 172 valence electrons. The highest BCUT2D eigenvalue weighted by atomic mass is 32.2. The van der Waals surface area contributed by atoms with E-state index in [0.29, 0.717) is 17.7 Å². The van der Waals surface area contributed by atoms with Crippen molar-refractivity contribution in [1.82, 2.24) is 10.2 Å². The Morgan fingerprint density at radius 1 is 1.15 bits per heavy atom. The van der Waals surface area contributed by atoms with Gasteiger partial charge < -0.3 is 13.9 Å². The predicted molar refractivity (Wildman–Crippen MR) is 116 cm³/mol. The SMILES string of the molecule is O=C(OCc1ccccc1)S(=O)(=O)N1C[C@H](CC2(c3n[nH]c(=O)o3)CC2)Oc2ccccc21.